The molecule has 3 nitrogen and oxygen atoms in total. The van der Waals surface area contributed by atoms with E-state index in [1.54, 1.807) is 0 Å². The summed E-state index contributed by atoms with van der Waals surface area (Å²) in [7, 11) is 4.17. The van der Waals surface area contributed by atoms with E-state index < -0.39 is 0 Å². The van der Waals surface area contributed by atoms with Gasteiger partial charge in [-0.25, -0.2) is 0 Å². The Hall–Kier alpha value is -0.220. The normalized spacial score (nSPS) is 30.9. The average molecular weight is 229 g/mol. The Morgan fingerprint density at radius 2 is 2.27 bits per heavy atom. The second-order valence-corrected chi connectivity index (χ2v) is 5.84. The topological polar surface area (TPSA) is 27.6 Å². The first-order valence-corrected chi connectivity index (χ1v) is 6.57. The van der Waals surface area contributed by atoms with E-state index in [1.807, 2.05) is 11.8 Å². The van der Waals surface area contributed by atoms with Crippen LogP contribution < -0.4 is 5.32 Å². The Bertz CT molecular complexity index is 240. The molecule has 4 heteroatoms. The van der Waals surface area contributed by atoms with Crippen molar-refractivity contribution in [3.63, 3.8) is 0 Å². The van der Waals surface area contributed by atoms with E-state index in [4.69, 9.17) is 0 Å². The van der Waals surface area contributed by atoms with Crippen LogP contribution in [0.25, 0.3) is 0 Å². The number of hydrogen-bond donors (Lipinski definition) is 1. The molecule has 1 N–H and O–H groups in total. The third-order valence-electron chi connectivity index (χ3n) is 2.68. The molecule has 15 heavy (non-hydrogen) atoms. The number of likely N-dealkylation sites (N-methyl/N-ethyl adjacent to an activating group) is 1. The van der Waals surface area contributed by atoms with Gasteiger partial charge in [0.1, 0.15) is 0 Å². The molecule has 0 aromatic heterocycles. The molecule has 0 radical (unpaired) electrons. The molecule has 0 aliphatic carbocycles. The molecule has 2 unspecified atom stereocenters. The van der Waals surface area contributed by atoms with Crippen molar-refractivity contribution >= 4 is 16.9 Å². The zero-order valence-corrected chi connectivity index (χ0v) is 11.3. The molecule has 1 heterocycles. The largest absolute Gasteiger partial charge is 0.359 e. The average Bonchev–Trinajstić information content (AvgIpc) is 2.47. The van der Waals surface area contributed by atoms with Crippen molar-refractivity contribution in [1.29, 1.82) is 0 Å². The van der Waals surface area contributed by atoms with Crippen LogP contribution in [0.15, 0.2) is 4.99 Å². The van der Waals surface area contributed by atoms with Gasteiger partial charge in [-0.3, -0.25) is 4.99 Å². The number of nitrogens with one attached hydrogen (secondary N) is 1. The minimum absolute atomic E-state index is 0.251. The van der Waals surface area contributed by atoms with Crippen LogP contribution >= 0.6 is 11.8 Å². The second kappa shape index (κ2) is 5.21. The van der Waals surface area contributed by atoms with Gasteiger partial charge in [0, 0.05) is 17.8 Å². The number of aliphatic imine (C=N–C) groups is 1. The summed E-state index contributed by atoms with van der Waals surface area (Å²) in [6, 6.07) is 0.370. The third kappa shape index (κ3) is 4.03. The monoisotopic (exact) mass is 229 g/mol. The summed E-state index contributed by atoms with van der Waals surface area (Å²) in [6.07, 6.45) is 1.15. The first kappa shape index (κ1) is 12.8. The highest BCUT2D eigenvalue weighted by molar-refractivity contribution is 8.14. The lowest BCUT2D eigenvalue weighted by Gasteiger charge is -2.21. The quantitative estimate of drug-likeness (QED) is 0.796. The molecule has 1 fully saturated rings. The Balaban J connectivity index is 2.49. The number of hydrogen-bond acceptors (Lipinski definition) is 3. The standard InChI is InChI=1S/C11H23N3S/c1-6-11(3)8-15-10(13-11)12-9(2)7-14(4)5/h9H,6-8H2,1-5H3,(H,12,13). The van der Waals surface area contributed by atoms with Crippen LogP contribution in [0.4, 0.5) is 0 Å². The number of amidine groups is 1. The van der Waals surface area contributed by atoms with Crippen molar-refractivity contribution in [2.24, 2.45) is 4.99 Å². The Morgan fingerprint density at radius 3 is 2.73 bits per heavy atom. The molecule has 0 amide bonds. The van der Waals surface area contributed by atoms with Gasteiger partial charge >= 0.3 is 0 Å². The second-order valence-electron chi connectivity index (χ2n) is 4.87. The lowest BCUT2D eigenvalue weighted by atomic mass is 10.0. The van der Waals surface area contributed by atoms with Crippen molar-refractivity contribution in [3.05, 3.63) is 0 Å². The molecule has 1 aliphatic rings. The van der Waals surface area contributed by atoms with E-state index in [0.29, 0.717) is 6.04 Å². The maximum atomic E-state index is 4.69. The number of rotatable bonds is 4. The molecule has 0 aromatic rings. The molecule has 2 atom stereocenters. The van der Waals surface area contributed by atoms with Crippen molar-refractivity contribution in [2.75, 3.05) is 26.4 Å². The fraction of sp³-hybridized carbons (Fsp3) is 0.909. The SMILES string of the molecule is CCC1(C)CSC(=NC(C)CN(C)C)N1. The lowest BCUT2D eigenvalue weighted by molar-refractivity contribution is 0.383. The maximum Gasteiger partial charge on any atom is 0.157 e. The summed E-state index contributed by atoms with van der Waals surface area (Å²) >= 11 is 1.85. The van der Waals surface area contributed by atoms with Gasteiger partial charge in [-0.1, -0.05) is 18.7 Å². The van der Waals surface area contributed by atoms with Crippen LogP contribution in [-0.4, -0.2) is 48.0 Å². The van der Waals surface area contributed by atoms with Crippen molar-refractivity contribution in [3.8, 4) is 0 Å². The van der Waals surface area contributed by atoms with Gasteiger partial charge in [0.25, 0.3) is 0 Å². The molecule has 1 saturated heterocycles. The zero-order valence-electron chi connectivity index (χ0n) is 10.5. The van der Waals surface area contributed by atoms with Gasteiger partial charge in [-0.15, -0.1) is 0 Å². The van der Waals surface area contributed by atoms with Crippen molar-refractivity contribution < 1.29 is 0 Å². The third-order valence-corrected chi connectivity index (χ3v) is 3.95. The van der Waals surface area contributed by atoms with E-state index in [1.165, 1.54) is 0 Å². The van der Waals surface area contributed by atoms with Crippen LogP contribution in [0.3, 0.4) is 0 Å². The smallest absolute Gasteiger partial charge is 0.157 e. The highest BCUT2D eigenvalue weighted by atomic mass is 32.2. The molecule has 0 aromatic carbocycles. The van der Waals surface area contributed by atoms with Gasteiger partial charge in [-0.05, 0) is 34.4 Å². The molecular weight excluding hydrogens is 206 g/mol. The first-order valence-electron chi connectivity index (χ1n) is 5.59. The highest BCUT2D eigenvalue weighted by Crippen LogP contribution is 2.25. The van der Waals surface area contributed by atoms with E-state index in [-0.39, 0.29) is 5.54 Å². The predicted octanol–water partition coefficient (Wildman–Crippen LogP) is 1.80. The zero-order chi connectivity index (χ0) is 11.5. The molecule has 0 spiro atoms. The molecule has 0 saturated carbocycles. The predicted molar refractivity (Wildman–Crippen MR) is 69.7 cm³/mol. The molecule has 88 valence electrons. The van der Waals surface area contributed by atoms with Crippen LogP contribution in [0.5, 0.6) is 0 Å². The first-order chi connectivity index (χ1) is 6.95. The minimum atomic E-state index is 0.251. The molecule has 1 rings (SSSR count). The van der Waals surface area contributed by atoms with Crippen LogP contribution in [0.2, 0.25) is 0 Å². The number of nitrogens with zero attached hydrogens (tertiary/aromatic N) is 2. The highest BCUT2D eigenvalue weighted by Gasteiger charge is 2.30. The van der Waals surface area contributed by atoms with Crippen LogP contribution in [-0.2, 0) is 0 Å². The van der Waals surface area contributed by atoms with Gasteiger partial charge in [0.15, 0.2) is 5.17 Å². The van der Waals surface area contributed by atoms with Crippen LogP contribution in [0, 0.1) is 0 Å². The minimum Gasteiger partial charge on any atom is -0.359 e. The summed E-state index contributed by atoms with van der Waals surface area (Å²) in [6.45, 7) is 7.66. The van der Waals surface area contributed by atoms with Gasteiger partial charge < -0.3 is 10.2 Å². The fourth-order valence-electron chi connectivity index (χ4n) is 1.59. The maximum absolute atomic E-state index is 4.69. The van der Waals surface area contributed by atoms with Crippen molar-refractivity contribution in [1.82, 2.24) is 10.2 Å². The van der Waals surface area contributed by atoms with E-state index >= 15 is 0 Å². The molecule has 0 bridgehead atoms. The van der Waals surface area contributed by atoms with E-state index in [9.17, 15) is 0 Å². The summed E-state index contributed by atoms with van der Waals surface area (Å²) in [5.41, 5.74) is 0.251. The summed E-state index contributed by atoms with van der Waals surface area (Å²) in [4.78, 5) is 6.86. The Kier molecular flexibility index (Phi) is 4.46. The molecule has 1 aliphatic heterocycles. The van der Waals surface area contributed by atoms with E-state index in [2.05, 4.69) is 50.1 Å². The number of thioether (sulfide) groups is 1. The van der Waals surface area contributed by atoms with Crippen molar-refractivity contribution in [2.45, 2.75) is 38.8 Å². The van der Waals surface area contributed by atoms with Gasteiger partial charge in [0.2, 0.25) is 0 Å². The lowest BCUT2D eigenvalue weighted by Crippen LogP contribution is -2.40. The van der Waals surface area contributed by atoms with Gasteiger partial charge in [0.05, 0.1) is 6.04 Å². The summed E-state index contributed by atoms with van der Waals surface area (Å²) < 4.78 is 0. The summed E-state index contributed by atoms with van der Waals surface area (Å²) in [5.74, 6) is 1.14. The summed E-state index contributed by atoms with van der Waals surface area (Å²) in [5, 5.41) is 4.63. The van der Waals surface area contributed by atoms with Gasteiger partial charge in [-0.2, -0.15) is 0 Å². The Labute approximate surface area is 97.7 Å². The van der Waals surface area contributed by atoms with E-state index in [0.717, 1.165) is 23.9 Å². The Morgan fingerprint density at radius 1 is 1.60 bits per heavy atom. The van der Waals surface area contributed by atoms with Crippen LogP contribution in [0.1, 0.15) is 27.2 Å². The molecular formula is C11H23N3S. The fourth-order valence-corrected chi connectivity index (χ4v) is 2.89.